The highest BCUT2D eigenvalue weighted by Gasteiger charge is 2.29. The Kier molecular flexibility index (Phi) is 6.43. The average molecular weight is 609 g/mol. The third kappa shape index (κ3) is 4.47. The number of aromatic nitrogens is 2. The van der Waals surface area contributed by atoms with E-state index in [4.69, 9.17) is 0 Å². The number of benzene rings is 5. The van der Waals surface area contributed by atoms with Gasteiger partial charge in [-0.15, -0.1) is 0 Å². The Labute approximate surface area is 267 Å². The summed E-state index contributed by atoms with van der Waals surface area (Å²) in [6.07, 6.45) is 0. The van der Waals surface area contributed by atoms with E-state index in [0.717, 1.165) is 49.4 Å². The Morgan fingerprint density at radius 2 is 1.00 bits per heavy atom. The van der Waals surface area contributed by atoms with Gasteiger partial charge in [-0.05, 0) is 76.6 Å². The molecule has 2 aromatic heterocycles. The van der Waals surface area contributed by atoms with Gasteiger partial charge < -0.3 is 19.3 Å². The van der Waals surface area contributed by atoms with Crippen LogP contribution in [0, 0.1) is 0 Å². The van der Waals surface area contributed by atoms with Gasteiger partial charge in [-0.2, -0.15) is 0 Å². The highest BCUT2D eigenvalue weighted by molar-refractivity contribution is 6.20. The number of carboxylic acids is 2. The van der Waals surface area contributed by atoms with Crippen molar-refractivity contribution < 1.29 is 19.8 Å². The summed E-state index contributed by atoms with van der Waals surface area (Å²) in [7, 11) is 0. The van der Waals surface area contributed by atoms with Gasteiger partial charge in [0.25, 0.3) is 0 Å². The first kappa shape index (κ1) is 29.4. The van der Waals surface area contributed by atoms with Crippen LogP contribution in [0.3, 0.4) is 0 Å². The van der Waals surface area contributed by atoms with Gasteiger partial charge in [0.15, 0.2) is 0 Å². The Morgan fingerprint density at radius 3 is 1.52 bits per heavy atom. The predicted molar refractivity (Wildman–Crippen MR) is 186 cm³/mol. The van der Waals surface area contributed by atoms with E-state index in [1.165, 1.54) is 0 Å². The van der Waals surface area contributed by atoms with Crippen LogP contribution in [0.15, 0.2) is 97.1 Å². The van der Waals surface area contributed by atoms with Crippen molar-refractivity contribution in [3.05, 3.63) is 119 Å². The summed E-state index contributed by atoms with van der Waals surface area (Å²) >= 11 is 0. The topological polar surface area (TPSA) is 84.5 Å². The van der Waals surface area contributed by atoms with E-state index in [1.54, 1.807) is 12.1 Å². The molecule has 0 saturated heterocycles. The number of nitrogens with zero attached hydrogens (tertiary/aromatic N) is 2. The van der Waals surface area contributed by atoms with Crippen molar-refractivity contribution in [2.45, 2.75) is 52.4 Å². The molecule has 6 nitrogen and oxygen atoms in total. The number of carboxylic acid groups (broad SMARTS) is 2. The second-order valence-corrected chi connectivity index (χ2v) is 14.2. The molecule has 0 amide bonds. The smallest absolute Gasteiger partial charge is 0.337 e. The third-order valence-corrected chi connectivity index (χ3v) is 9.08. The lowest BCUT2D eigenvalue weighted by Gasteiger charge is -2.21. The molecule has 0 aliphatic heterocycles. The zero-order valence-corrected chi connectivity index (χ0v) is 26.8. The number of rotatable bonds is 4. The minimum atomic E-state index is -1.06. The maximum atomic E-state index is 13.0. The molecule has 230 valence electrons. The first-order valence-electron chi connectivity index (χ1n) is 15.5. The number of hydrogen-bond acceptors (Lipinski definition) is 2. The zero-order valence-electron chi connectivity index (χ0n) is 26.8. The number of hydrogen-bond donors (Lipinski definition) is 2. The third-order valence-electron chi connectivity index (χ3n) is 9.08. The lowest BCUT2D eigenvalue weighted by Crippen LogP contribution is -2.13. The van der Waals surface area contributed by atoms with Crippen LogP contribution >= 0.6 is 0 Å². The molecule has 2 N–H and O–H groups in total. The van der Waals surface area contributed by atoms with E-state index in [1.807, 2.05) is 59.2 Å². The van der Waals surface area contributed by atoms with Crippen LogP contribution in [0.2, 0.25) is 0 Å². The summed E-state index contributed by atoms with van der Waals surface area (Å²) in [5.74, 6) is -2.12. The summed E-state index contributed by atoms with van der Waals surface area (Å²) in [4.78, 5) is 26.1. The molecule has 0 atom stereocenters. The maximum absolute atomic E-state index is 13.0. The van der Waals surface area contributed by atoms with E-state index < -0.39 is 11.9 Å². The minimum absolute atomic E-state index is 0.135. The molecular weight excluding hydrogens is 572 g/mol. The van der Waals surface area contributed by atoms with Gasteiger partial charge in [0.2, 0.25) is 0 Å². The van der Waals surface area contributed by atoms with Gasteiger partial charge in [0, 0.05) is 32.9 Å². The van der Waals surface area contributed by atoms with Crippen molar-refractivity contribution in [1.82, 2.24) is 9.13 Å². The van der Waals surface area contributed by atoms with Crippen molar-refractivity contribution in [3.8, 4) is 11.4 Å². The van der Waals surface area contributed by atoms with E-state index in [2.05, 4.69) is 76.4 Å². The molecule has 7 rings (SSSR count). The summed E-state index contributed by atoms with van der Waals surface area (Å²) in [6, 6.07) is 32.0. The molecular formula is C40H36N2O4. The van der Waals surface area contributed by atoms with Gasteiger partial charge in [0.1, 0.15) is 0 Å². The molecule has 0 spiro atoms. The van der Waals surface area contributed by atoms with Crippen molar-refractivity contribution in [3.63, 3.8) is 0 Å². The van der Waals surface area contributed by atoms with Gasteiger partial charge in [0.05, 0.1) is 33.2 Å². The number of para-hydroxylation sites is 2. The second kappa shape index (κ2) is 10.1. The Balaban J connectivity index is 1.70. The lowest BCUT2D eigenvalue weighted by molar-refractivity contribution is 0.0688. The fraction of sp³-hybridized carbons (Fsp3) is 0.200. The average Bonchev–Trinajstić information content (AvgIpc) is 3.52. The molecule has 6 heteroatoms. The molecule has 0 saturated carbocycles. The first-order valence-corrected chi connectivity index (χ1v) is 15.5. The maximum Gasteiger partial charge on any atom is 0.337 e. The van der Waals surface area contributed by atoms with Gasteiger partial charge >= 0.3 is 11.9 Å². The van der Waals surface area contributed by atoms with E-state index in [-0.39, 0.29) is 22.0 Å². The minimum Gasteiger partial charge on any atom is -0.478 e. The Bertz CT molecular complexity index is 2290. The fourth-order valence-electron chi connectivity index (χ4n) is 6.68. The summed E-state index contributed by atoms with van der Waals surface area (Å²) < 4.78 is 4.05. The lowest BCUT2D eigenvalue weighted by atomic mass is 9.83. The van der Waals surface area contributed by atoms with Crippen LogP contribution in [-0.2, 0) is 10.8 Å². The quantitative estimate of drug-likeness (QED) is 0.208. The fourth-order valence-corrected chi connectivity index (χ4v) is 6.68. The molecule has 0 radical (unpaired) electrons. The van der Waals surface area contributed by atoms with E-state index in [9.17, 15) is 19.8 Å². The van der Waals surface area contributed by atoms with Gasteiger partial charge in [-0.1, -0.05) is 84.0 Å². The van der Waals surface area contributed by atoms with Crippen molar-refractivity contribution in [2.24, 2.45) is 0 Å². The zero-order chi connectivity index (χ0) is 32.7. The highest BCUT2D eigenvalue weighted by atomic mass is 16.4. The van der Waals surface area contributed by atoms with Crippen LogP contribution in [0.4, 0.5) is 0 Å². The molecule has 0 fully saturated rings. The monoisotopic (exact) mass is 608 g/mol. The van der Waals surface area contributed by atoms with E-state index >= 15 is 0 Å². The highest BCUT2D eigenvalue weighted by Crippen LogP contribution is 2.42. The van der Waals surface area contributed by atoms with Crippen LogP contribution in [-0.4, -0.2) is 31.3 Å². The van der Waals surface area contributed by atoms with Crippen molar-refractivity contribution >= 4 is 55.6 Å². The summed E-state index contributed by atoms with van der Waals surface area (Å²) in [5, 5.41) is 24.9. The molecule has 0 aliphatic rings. The van der Waals surface area contributed by atoms with Crippen molar-refractivity contribution in [1.29, 1.82) is 0 Å². The number of carbonyl (C=O) groups is 2. The standard InChI is InChI=1S/C40H36N2O4/c1-39(2,3)23-18-29-30-19-24(40(4,5)6)21-32(38(45)46)36(30)42(35(29)31(20-23)37(43)44)26-16-17-28-27-14-10-11-15-33(27)41(34(28)22-26)25-12-8-7-9-13-25/h7-22H,1-6H3,(H,43,44)(H,45,46). The molecule has 0 aliphatic carbocycles. The molecule has 0 bridgehead atoms. The Hall–Kier alpha value is -5.36. The summed E-state index contributed by atoms with van der Waals surface area (Å²) in [6.45, 7) is 12.3. The molecule has 5 aromatic carbocycles. The normalized spacial score (nSPS) is 12.5. The number of fused-ring (bicyclic) bond motifs is 6. The van der Waals surface area contributed by atoms with E-state index in [0.29, 0.717) is 16.7 Å². The second-order valence-electron chi connectivity index (χ2n) is 14.2. The van der Waals surface area contributed by atoms with Gasteiger partial charge in [-0.25, -0.2) is 9.59 Å². The molecule has 46 heavy (non-hydrogen) atoms. The van der Waals surface area contributed by atoms with Crippen LogP contribution in [0.25, 0.3) is 55.0 Å². The van der Waals surface area contributed by atoms with Crippen LogP contribution in [0.5, 0.6) is 0 Å². The Morgan fingerprint density at radius 1 is 0.500 bits per heavy atom. The van der Waals surface area contributed by atoms with Crippen LogP contribution in [0.1, 0.15) is 73.4 Å². The molecule has 2 heterocycles. The first-order chi connectivity index (χ1) is 21.8. The van der Waals surface area contributed by atoms with Crippen LogP contribution < -0.4 is 0 Å². The molecule has 0 unspecified atom stereocenters. The SMILES string of the molecule is CC(C)(C)c1cc(C(=O)O)c2c(c1)c1cc(C(C)(C)C)cc(C(=O)O)c1n2-c1ccc2c3ccccc3n(-c3ccccc3)c2c1. The largest absolute Gasteiger partial charge is 0.478 e. The summed E-state index contributed by atoms with van der Waals surface area (Å²) in [5.41, 5.74) is 5.96. The molecule has 7 aromatic rings. The van der Waals surface area contributed by atoms with Gasteiger partial charge in [-0.3, -0.25) is 0 Å². The number of aromatic carboxylic acids is 2. The predicted octanol–water partition coefficient (Wildman–Crippen LogP) is 9.87. The van der Waals surface area contributed by atoms with Crippen molar-refractivity contribution in [2.75, 3.05) is 0 Å².